The van der Waals surface area contributed by atoms with Crippen molar-refractivity contribution in [3.8, 4) is 17.0 Å². The van der Waals surface area contributed by atoms with Crippen LogP contribution in [-0.4, -0.2) is 17.1 Å². The molecule has 0 aliphatic carbocycles. The molecule has 4 heteroatoms. The van der Waals surface area contributed by atoms with E-state index in [-0.39, 0.29) is 0 Å². The van der Waals surface area contributed by atoms with Gasteiger partial charge in [0.05, 0.1) is 7.11 Å². The fourth-order valence-corrected chi connectivity index (χ4v) is 2.54. The van der Waals surface area contributed by atoms with Gasteiger partial charge in [0.1, 0.15) is 0 Å². The lowest BCUT2D eigenvalue weighted by atomic mass is 10.0. The number of rotatable bonds is 4. The summed E-state index contributed by atoms with van der Waals surface area (Å²) in [6, 6.07) is 13.8. The molecule has 3 nitrogen and oxygen atoms in total. The molecule has 0 fully saturated rings. The molecule has 2 heterocycles. The first-order valence-electron chi connectivity index (χ1n) is 6.94. The standard InChI is InChI=1S/C18H15ClN2O/c1-22-18-17(15-3-2-4-16(19)11-15)10-14(12-21-18)9-13-5-7-20-8-6-13/h2-8,10-12H,9H2,1H3. The lowest BCUT2D eigenvalue weighted by Gasteiger charge is -2.10. The molecule has 0 radical (unpaired) electrons. The van der Waals surface area contributed by atoms with Crippen LogP contribution in [0, 0.1) is 0 Å². The molecule has 1 aromatic carbocycles. The van der Waals surface area contributed by atoms with E-state index in [9.17, 15) is 0 Å². The maximum atomic E-state index is 6.09. The molecule has 0 unspecified atom stereocenters. The molecule has 0 saturated heterocycles. The molecule has 110 valence electrons. The third-order valence-corrected chi connectivity index (χ3v) is 3.63. The van der Waals surface area contributed by atoms with E-state index in [0.29, 0.717) is 10.9 Å². The van der Waals surface area contributed by atoms with Crippen LogP contribution in [0.15, 0.2) is 61.1 Å². The topological polar surface area (TPSA) is 35.0 Å². The number of ether oxygens (including phenoxy) is 1. The van der Waals surface area contributed by atoms with Crippen molar-refractivity contribution in [3.05, 3.63) is 77.2 Å². The van der Waals surface area contributed by atoms with Crippen LogP contribution < -0.4 is 4.74 Å². The van der Waals surface area contributed by atoms with Crippen LogP contribution in [0.1, 0.15) is 11.1 Å². The second-order valence-corrected chi connectivity index (χ2v) is 5.38. The van der Waals surface area contributed by atoms with Crippen LogP contribution >= 0.6 is 11.6 Å². The molecule has 3 rings (SSSR count). The Labute approximate surface area is 134 Å². The Hall–Kier alpha value is -2.39. The number of methoxy groups -OCH3 is 1. The van der Waals surface area contributed by atoms with Gasteiger partial charge in [0.15, 0.2) is 0 Å². The van der Waals surface area contributed by atoms with E-state index in [0.717, 1.165) is 23.1 Å². The molecule has 0 N–H and O–H groups in total. The molecule has 0 amide bonds. The van der Waals surface area contributed by atoms with Gasteiger partial charge in [0, 0.05) is 29.2 Å². The number of hydrogen-bond donors (Lipinski definition) is 0. The maximum Gasteiger partial charge on any atom is 0.221 e. The van der Waals surface area contributed by atoms with Crippen LogP contribution in [0.25, 0.3) is 11.1 Å². The minimum Gasteiger partial charge on any atom is -0.481 e. The van der Waals surface area contributed by atoms with Crippen LogP contribution in [0.4, 0.5) is 0 Å². The van der Waals surface area contributed by atoms with E-state index < -0.39 is 0 Å². The van der Waals surface area contributed by atoms with Gasteiger partial charge in [-0.25, -0.2) is 4.98 Å². The van der Waals surface area contributed by atoms with Crippen molar-refractivity contribution in [2.45, 2.75) is 6.42 Å². The van der Waals surface area contributed by atoms with E-state index in [1.54, 1.807) is 19.5 Å². The first-order chi connectivity index (χ1) is 10.8. The zero-order chi connectivity index (χ0) is 15.4. The summed E-state index contributed by atoms with van der Waals surface area (Å²) >= 11 is 6.09. The Morgan fingerprint density at radius 1 is 1.05 bits per heavy atom. The zero-order valence-electron chi connectivity index (χ0n) is 12.2. The van der Waals surface area contributed by atoms with Crippen LogP contribution in [-0.2, 0) is 6.42 Å². The van der Waals surface area contributed by atoms with Gasteiger partial charge in [-0.15, -0.1) is 0 Å². The summed E-state index contributed by atoms with van der Waals surface area (Å²) in [6.07, 6.45) is 6.23. The highest BCUT2D eigenvalue weighted by molar-refractivity contribution is 6.30. The fourth-order valence-electron chi connectivity index (χ4n) is 2.35. The summed E-state index contributed by atoms with van der Waals surface area (Å²) in [5.74, 6) is 0.598. The van der Waals surface area contributed by atoms with Gasteiger partial charge in [-0.05, 0) is 53.4 Å². The van der Waals surface area contributed by atoms with Crippen molar-refractivity contribution in [1.82, 2.24) is 9.97 Å². The Morgan fingerprint density at radius 2 is 1.86 bits per heavy atom. The van der Waals surface area contributed by atoms with Crippen molar-refractivity contribution in [1.29, 1.82) is 0 Å². The summed E-state index contributed by atoms with van der Waals surface area (Å²) in [7, 11) is 1.62. The van der Waals surface area contributed by atoms with Crippen molar-refractivity contribution in [2.75, 3.05) is 7.11 Å². The number of pyridine rings is 2. The normalized spacial score (nSPS) is 10.5. The zero-order valence-corrected chi connectivity index (χ0v) is 12.9. The van der Waals surface area contributed by atoms with Gasteiger partial charge in [-0.2, -0.15) is 0 Å². The summed E-state index contributed by atoms with van der Waals surface area (Å²) in [5, 5.41) is 0.694. The Kier molecular flexibility index (Phi) is 4.35. The van der Waals surface area contributed by atoms with Gasteiger partial charge in [-0.3, -0.25) is 4.98 Å². The number of hydrogen-bond acceptors (Lipinski definition) is 3. The highest BCUT2D eigenvalue weighted by Gasteiger charge is 2.09. The lowest BCUT2D eigenvalue weighted by Crippen LogP contribution is -1.96. The van der Waals surface area contributed by atoms with E-state index in [4.69, 9.17) is 16.3 Å². The molecule has 0 aliphatic heterocycles. The number of halogens is 1. The summed E-state index contributed by atoms with van der Waals surface area (Å²) in [4.78, 5) is 8.46. The monoisotopic (exact) mass is 310 g/mol. The summed E-state index contributed by atoms with van der Waals surface area (Å²) in [5.41, 5.74) is 4.24. The van der Waals surface area contributed by atoms with Crippen LogP contribution in [0.2, 0.25) is 5.02 Å². The average Bonchev–Trinajstić information content (AvgIpc) is 2.56. The highest BCUT2D eigenvalue weighted by atomic mass is 35.5. The van der Waals surface area contributed by atoms with E-state index in [1.807, 2.05) is 42.6 Å². The van der Waals surface area contributed by atoms with Gasteiger partial charge in [0.2, 0.25) is 5.88 Å². The number of nitrogens with zero attached hydrogens (tertiary/aromatic N) is 2. The fraction of sp³-hybridized carbons (Fsp3) is 0.111. The molecular weight excluding hydrogens is 296 g/mol. The SMILES string of the molecule is COc1ncc(Cc2ccncc2)cc1-c1cccc(Cl)c1. The second-order valence-electron chi connectivity index (χ2n) is 4.94. The van der Waals surface area contributed by atoms with Crippen molar-refractivity contribution < 1.29 is 4.74 Å². The maximum absolute atomic E-state index is 6.09. The van der Waals surface area contributed by atoms with Gasteiger partial charge in [-0.1, -0.05) is 23.7 Å². The van der Waals surface area contributed by atoms with Gasteiger partial charge < -0.3 is 4.74 Å². The molecule has 0 bridgehead atoms. The molecular formula is C18H15ClN2O. The molecule has 0 aliphatic rings. The predicted octanol–water partition coefficient (Wildman–Crippen LogP) is 4.40. The quantitative estimate of drug-likeness (QED) is 0.716. The first-order valence-corrected chi connectivity index (χ1v) is 7.32. The predicted molar refractivity (Wildman–Crippen MR) is 88.3 cm³/mol. The van der Waals surface area contributed by atoms with Gasteiger partial charge >= 0.3 is 0 Å². The van der Waals surface area contributed by atoms with Crippen molar-refractivity contribution in [3.63, 3.8) is 0 Å². The third-order valence-electron chi connectivity index (χ3n) is 3.39. The third kappa shape index (κ3) is 3.26. The van der Waals surface area contributed by atoms with E-state index in [2.05, 4.69) is 16.0 Å². The Balaban J connectivity index is 1.99. The highest BCUT2D eigenvalue weighted by Crippen LogP contribution is 2.30. The first kappa shape index (κ1) is 14.5. The second kappa shape index (κ2) is 6.58. The molecule has 0 atom stereocenters. The molecule has 2 aromatic heterocycles. The largest absolute Gasteiger partial charge is 0.481 e. The average molecular weight is 311 g/mol. The minimum atomic E-state index is 0.598. The lowest BCUT2D eigenvalue weighted by molar-refractivity contribution is 0.399. The van der Waals surface area contributed by atoms with E-state index >= 15 is 0 Å². The molecule has 0 saturated carbocycles. The van der Waals surface area contributed by atoms with Crippen molar-refractivity contribution >= 4 is 11.6 Å². The van der Waals surface area contributed by atoms with Crippen LogP contribution in [0.5, 0.6) is 5.88 Å². The number of benzene rings is 1. The van der Waals surface area contributed by atoms with E-state index in [1.165, 1.54) is 5.56 Å². The number of aromatic nitrogens is 2. The van der Waals surface area contributed by atoms with Crippen molar-refractivity contribution in [2.24, 2.45) is 0 Å². The molecule has 22 heavy (non-hydrogen) atoms. The minimum absolute atomic E-state index is 0.598. The summed E-state index contributed by atoms with van der Waals surface area (Å²) in [6.45, 7) is 0. The van der Waals surface area contributed by atoms with Gasteiger partial charge in [0.25, 0.3) is 0 Å². The Bertz CT molecular complexity index is 775. The van der Waals surface area contributed by atoms with Crippen LogP contribution in [0.3, 0.4) is 0 Å². The smallest absolute Gasteiger partial charge is 0.221 e. The Morgan fingerprint density at radius 3 is 2.59 bits per heavy atom. The molecule has 3 aromatic rings. The molecule has 0 spiro atoms. The summed E-state index contributed by atoms with van der Waals surface area (Å²) < 4.78 is 5.38.